The van der Waals surface area contributed by atoms with Crippen LogP contribution in [0, 0.1) is 0 Å². The van der Waals surface area contributed by atoms with E-state index in [2.05, 4.69) is 19.9 Å². The van der Waals surface area contributed by atoms with Crippen molar-refractivity contribution in [2.24, 2.45) is 0 Å². The molecule has 1 fully saturated rings. The number of hydrogen-bond donors (Lipinski definition) is 1. The van der Waals surface area contributed by atoms with E-state index < -0.39 is 0 Å². The molecule has 5 nitrogen and oxygen atoms in total. The highest BCUT2D eigenvalue weighted by Gasteiger charge is 2.24. The minimum atomic E-state index is 0.439. The third-order valence-corrected chi connectivity index (χ3v) is 4.32. The smallest absolute Gasteiger partial charge is 0.161 e. The number of rotatable bonds is 3. The number of nitrogens with one attached hydrogen (secondary N) is 1. The molecule has 1 aromatic carbocycles. The molecule has 1 aliphatic rings. The van der Waals surface area contributed by atoms with Crippen LogP contribution < -0.4 is 4.90 Å². The van der Waals surface area contributed by atoms with Gasteiger partial charge >= 0.3 is 0 Å². The van der Waals surface area contributed by atoms with E-state index in [0.717, 1.165) is 42.5 Å². The molecular weight excluding hydrogens is 286 g/mol. The Morgan fingerprint density at radius 3 is 2.78 bits per heavy atom. The Morgan fingerprint density at radius 1 is 1.04 bits per heavy atom. The van der Waals surface area contributed by atoms with E-state index in [4.69, 9.17) is 4.98 Å². The molecule has 5 heteroatoms. The predicted molar refractivity (Wildman–Crippen MR) is 90.2 cm³/mol. The zero-order valence-corrected chi connectivity index (χ0v) is 12.9. The molecule has 0 spiro atoms. The number of benzene rings is 1. The van der Waals surface area contributed by atoms with Gasteiger partial charge in [0.15, 0.2) is 5.82 Å². The van der Waals surface area contributed by atoms with Crippen molar-refractivity contribution in [3.63, 3.8) is 0 Å². The number of aromatic amines is 1. The monoisotopic (exact) mass is 305 g/mol. The number of imidazole rings is 1. The first kappa shape index (κ1) is 13.9. The van der Waals surface area contributed by atoms with Crippen molar-refractivity contribution in [1.29, 1.82) is 0 Å². The molecule has 3 aromatic rings. The summed E-state index contributed by atoms with van der Waals surface area (Å²) in [6.07, 6.45) is 7.89. The first-order valence-corrected chi connectivity index (χ1v) is 8.03. The highest BCUT2D eigenvalue weighted by Crippen LogP contribution is 2.28. The van der Waals surface area contributed by atoms with Crippen LogP contribution in [-0.4, -0.2) is 33.0 Å². The van der Waals surface area contributed by atoms with E-state index >= 15 is 0 Å². The largest absolute Gasteiger partial charge is 0.356 e. The fraction of sp³-hybridized carbons (Fsp3) is 0.278. The lowest BCUT2D eigenvalue weighted by Crippen LogP contribution is -2.35. The number of anilines is 1. The minimum absolute atomic E-state index is 0.439. The van der Waals surface area contributed by atoms with Gasteiger partial charge in [-0.05, 0) is 18.9 Å². The maximum absolute atomic E-state index is 4.77. The molecule has 1 N–H and O–H groups in total. The average molecular weight is 305 g/mol. The molecule has 0 aliphatic carbocycles. The third kappa shape index (κ3) is 2.95. The number of nitrogens with zero attached hydrogens (tertiary/aromatic N) is 4. The SMILES string of the molecule is c1ccc(-c2nccc(N3CCCC(c4ncc[nH]4)C3)n2)cc1. The molecule has 23 heavy (non-hydrogen) atoms. The maximum atomic E-state index is 4.77. The summed E-state index contributed by atoms with van der Waals surface area (Å²) in [6.45, 7) is 1.97. The zero-order chi connectivity index (χ0) is 15.5. The van der Waals surface area contributed by atoms with Crippen LogP contribution in [0.3, 0.4) is 0 Å². The van der Waals surface area contributed by atoms with Gasteiger partial charge < -0.3 is 9.88 Å². The lowest BCUT2D eigenvalue weighted by Gasteiger charge is -2.32. The van der Waals surface area contributed by atoms with Crippen molar-refractivity contribution in [3.05, 3.63) is 60.8 Å². The zero-order valence-electron chi connectivity index (χ0n) is 12.9. The van der Waals surface area contributed by atoms with Gasteiger partial charge in [-0.1, -0.05) is 30.3 Å². The molecule has 2 aromatic heterocycles. The van der Waals surface area contributed by atoms with Crippen molar-refractivity contribution in [2.45, 2.75) is 18.8 Å². The topological polar surface area (TPSA) is 57.7 Å². The lowest BCUT2D eigenvalue weighted by molar-refractivity contribution is 0.491. The summed E-state index contributed by atoms with van der Waals surface area (Å²) >= 11 is 0. The fourth-order valence-electron chi connectivity index (χ4n) is 3.16. The second-order valence-corrected chi connectivity index (χ2v) is 5.86. The van der Waals surface area contributed by atoms with Crippen LogP contribution >= 0.6 is 0 Å². The molecule has 116 valence electrons. The first-order valence-electron chi connectivity index (χ1n) is 8.03. The van der Waals surface area contributed by atoms with E-state index in [0.29, 0.717) is 5.92 Å². The molecule has 0 radical (unpaired) electrons. The molecule has 0 bridgehead atoms. The number of hydrogen-bond acceptors (Lipinski definition) is 4. The van der Waals surface area contributed by atoms with Crippen LogP contribution in [0.4, 0.5) is 5.82 Å². The molecule has 1 atom stereocenters. The normalized spacial score (nSPS) is 18.1. The van der Waals surface area contributed by atoms with Crippen LogP contribution in [0.2, 0.25) is 0 Å². The molecular formula is C18H19N5. The summed E-state index contributed by atoms with van der Waals surface area (Å²) in [7, 11) is 0. The predicted octanol–water partition coefficient (Wildman–Crippen LogP) is 3.25. The second-order valence-electron chi connectivity index (χ2n) is 5.86. The van der Waals surface area contributed by atoms with E-state index in [1.807, 2.05) is 55.0 Å². The number of aromatic nitrogens is 4. The van der Waals surface area contributed by atoms with Crippen LogP contribution in [0.15, 0.2) is 55.0 Å². The van der Waals surface area contributed by atoms with Crippen molar-refractivity contribution in [3.8, 4) is 11.4 Å². The average Bonchev–Trinajstić information content (AvgIpc) is 3.18. The Morgan fingerprint density at radius 2 is 1.96 bits per heavy atom. The minimum Gasteiger partial charge on any atom is -0.356 e. The summed E-state index contributed by atoms with van der Waals surface area (Å²) < 4.78 is 0. The Hall–Kier alpha value is -2.69. The van der Waals surface area contributed by atoms with Gasteiger partial charge in [-0.2, -0.15) is 0 Å². The molecule has 1 saturated heterocycles. The molecule has 0 amide bonds. The quantitative estimate of drug-likeness (QED) is 0.807. The Labute approximate surface area is 135 Å². The van der Waals surface area contributed by atoms with Crippen LogP contribution in [-0.2, 0) is 0 Å². The summed E-state index contributed by atoms with van der Waals surface area (Å²) in [5.74, 6) is 3.29. The van der Waals surface area contributed by atoms with Crippen molar-refractivity contribution >= 4 is 5.82 Å². The molecule has 0 saturated carbocycles. The number of piperidine rings is 1. The van der Waals surface area contributed by atoms with Crippen molar-refractivity contribution in [2.75, 3.05) is 18.0 Å². The molecule has 3 heterocycles. The molecule has 4 rings (SSSR count). The van der Waals surface area contributed by atoms with Crippen molar-refractivity contribution in [1.82, 2.24) is 19.9 Å². The van der Waals surface area contributed by atoms with Crippen molar-refractivity contribution < 1.29 is 0 Å². The van der Waals surface area contributed by atoms with Gasteiger partial charge in [-0.25, -0.2) is 15.0 Å². The van der Waals surface area contributed by atoms with E-state index in [1.54, 1.807) is 0 Å². The van der Waals surface area contributed by atoms with E-state index in [1.165, 1.54) is 6.42 Å². The first-order chi connectivity index (χ1) is 11.4. The summed E-state index contributed by atoms with van der Waals surface area (Å²) in [6, 6.07) is 12.1. The summed E-state index contributed by atoms with van der Waals surface area (Å²) in [5.41, 5.74) is 1.05. The summed E-state index contributed by atoms with van der Waals surface area (Å²) in [4.78, 5) is 19.2. The Bertz CT molecular complexity index is 754. The van der Waals surface area contributed by atoms with E-state index in [-0.39, 0.29) is 0 Å². The number of H-pyrrole nitrogens is 1. The van der Waals surface area contributed by atoms with Gasteiger partial charge in [0.1, 0.15) is 11.6 Å². The van der Waals surface area contributed by atoms with Gasteiger partial charge in [-0.15, -0.1) is 0 Å². The molecule has 1 aliphatic heterocycles. The lowest BCUT2D eigenvalue weighted by atomic mass is 9.97. The summed E-state index contributed by atoms with van der Waals surface area (Å²) in [5, 5.41) is 0. The van der Waals surface area contributed by atoms with E-state index in [9.17, 15) is 0 Å². The second kappa shape index (κ2) is 6.20. The Kier molecular flexibility index (Phi) is 3.76. The highest BCUT2D eigenvalue weighted by molar-refractivity contribution is 5.57. The molecule has 1 unspecified atom stereocenters. The fourth-order valence-corrected chi connectivity index (χ4v) is 3.16. The Balaban J connectivity index is 1.58. The van der Waals surface area contributed by atoms with Gasteiger partial charge in [0.05, 0.1) is 0 Å². The van der Waals surface area contributed by atoms with Gasteiger partial charge in [-0.3, -0.25) is 0 Å². The van der Waals surface area contributed by atoms with Gasteiger partial charge in [0.25, 0.3) is 0 Å². The van der Waals surface area contributed by atoms with Crippen LogP contribution in [0.25, 0.3) is 11.4 Å². The maximum Gasteiger partial charge on any atom is 0.161 e. The third-order valence-electron chi connectivity index (χ3n) is 4.32. The standard InChI is InChI=1S/C18H19N5/c1-2-5-14(6-3-1)18-19-9-8-16(22-18)23-12-4-7-15(13-23)17-20-10-11-21-17/h1-3,5-6,8-11,15H,4,7,12-13H2,(H,20,21). The van der Waals surface area contributed by atoms with Gasteiger partial charge in [0.2, 0.25) is 0 Å². The van der Waals surface area contributed by atoms with Crippen LogP contribution in [0.1, 0.15) is 24.6 Å². The van der Waals surface area contributed by atoms with Crippen LogP contribution in [0.5, 0.6) is 0 Å². The van der Waals surface area contributed by atoms with Gasteiger partial charge in [0, 0.05) is 43.2 Å². The highest BCUT2D eigenvalue weighted by atomic mass is 15.2.